The number of carbonyl (C=O) groups is 1. The predicted molar refractivity (Wildman–Crippen MR) is 147 cm³/mol. The smallest absolute Gasteiger partial charge is 0.251 e. The van der Waals surface area contributed by atoms with Crippen molar-refractivity contribution in [3.8, 4) is 5.75 Å². The van der Waals surface area contributed by atoms with E-state index in [0.29, 0.717) is 0 Å². The number of hydrogen-bond donors (Lipinski definition) is 1. The molecule has 0 bridgehead atoms. The van der Waals surface area contributed by atoms with Crippen LogP contribution in [0.25, 0.3) is 10.9 Å². The molecule has 178 valence electrons. The molecule has 36 heavy (non-hydrogen) atoms. The Labute approximate surface area is 214 Å². The van der Waals surface area contributed by atoms with Crippen LogP contribution >= 0.6 is 11.8 Å². The summed E-state index contributed by atoms with van der Waals surface area (Å²) < 4.78 is 4.58. The fourth-order valence-corrected chi connectivity index (χ4v) is 6.72. The summed E-state index contributed by atoms with van der Waals surface area (Å²) >= 11 is 1.72. The molecule has 1 N–H and O–H groups in total. The van der Waals surface area contributed by atoms with Crippen molar-refractivity contribution in [1.29, 1.82) is 0 Å². The van der Waals surface area contributed by atoms with E-state index in [1.807, 2.05) is 71.8 Å². The number of anilines is 1. The number of aromatic nitrogens is 1. The molecule has 0 aliphatic carbocycles. The van der Waals surface area contributed by atoms with E-state index in [9.17, 15) is 4.79 Å². The Balaban J connectivity index is 1.53. The first-order valence-corrected chi connectivity index (χ1v) is 13.0. The molecule has 0 saturated carbocycles. The molecular weight excluding hydrogens is 464 g/mol. The van der Waals surface area contributed by atoms with Gasteiger partial charge in [-0.3, -0.25) is 4.79 Å². The van der Waals surface area contributed by atoms with Gasteiger partial charge in [0.25, 0.3) is 5.91 Å². The molecule has 5 heteroatoms. The van der Waals surface area contributed by atoms with Crippen molar-refractivity contribution in [3.63, 3.8) is 0 Å². The predicted octanol–water partition coefficient (Wildman–Crippen LogP) is 7.09. The summed E-state index contributed by atoms with van der Waals surface area (Å²) in [6, 6.07) is 36.6. The Bertz CT molecular complexity index is 1500. The highest BCUT2D eigenvalue weighted by Crippen LogP contribution is 2.61. The summed E-state index contributed by atoms with van der Waals surface area (Å²) in [4.78, 5) is 19.8. The summed E-state index contributed by atoms with van der Waals surface area (Å²) in [6.07, 6.45) is 2.03. The lowest BCUT2D eigenvalue weighted by Crippen LogP contribution is -2.65. The Hall–Kier alpha value is -3.96. The van der Waals surface area contributed by atoms with E-state index in [-0.39, 0.29) is 11.9 Å². The molecule has 4 aromatic carbocycles. The first kappa shape index (κ1) is 22.5. The van der Waals surface area contributed by atoms with Gasteiger partial charge in [0.15, 0.2) is 0 Å². The molecule has 0 spiro atoms. The first-order chi connectivity index (χ1) is 17.7. The number of hydrogen-bond acceptors (Lipinski definition) is 3. The number of thioether (sulfide) groups is 1. The van der Waals surface area contributed by atoms with Gasteiger partial charge in [0.05, 0.1) is 13.2 Å². The number of rotatable bonds is 7. The zero-order valence-corrected chi connectivity index (χ0v) is 20.7. The van der Waals surface area contributed by atoms with E-state index < -0.39 is 4.75 Å². The number of nitrogens with one attached hydrogen (secondary N) is 1. The highest BCUT2D eigenvalue weighted by molar-refractivity contribution is 8.00. The van der Waals surface area contributed by atoms with Crippen LogP contribution < -0.4 is 9.64 Å². The molecule has 1 aromatic heterocycles. The van der Waals surface area contributed by atoms with Gasteiger partial charge in [-0.05, 0) is 41.5 Å². The van der Waals surface area contributed by atoms with Crippen LogP contribution in [0.15, 0.2) is 115 Å². The van der Waals surface area contributed by atoms with E-state index in [1.165, 1.54) is 5.56 Å². The number of aromatic amines is 1. The number of methoxy groups -OCH3 is 1. The molecule has 1 aliphatic rings. The Morgan fingerprint density at radius 1 is 0.861 bits per heavy atom. The average Bonchev–Trinajstić information content (AvgIpc) is 3.37. The second-order valence-corrected chi connectivity index (χ2v) is 10.2. The third-order valence-corrected chi connectivity index (χ3v) is 8.50. The van der Waals surface area contributed by atoms with Gasteiger partial charge in [-0.1, -0.05) is 78.9 Å². The van der Waals surface area contributed by atoms with Gasteiger partial charge in [0, 0.05) is 34.1 Å². The molecule has 5 aromatic rings. The molecule has 0 radical (unpaired) electrons. The van der Waals surface area contributed by atoms with Gasteiger partial charge < -0.3 is 14.6 Å². The van der Waals surface area contributed by atoms with Gasteiger partial charge in [-0.15, -0.1) is 11.8 Å². The number of carbonyl (C=O) groups excluding carboxylic acids is 1. The minimum atomic E-state index is -0.781. The van der Waals surface area contributed by atoms with Crippen LogP contribution in [0.2, 0.25) is 0 Å². The summed E-state index contributed by atoms with van der Waals surface area (Å²) in [5.74, 6) is 1.59. The molecule has 1 amide bonds. The fourth-order valence-electron chi connectivity index (χ4n) is 5.19. The monoisotopic (exact) mass is 490 g/mol. The van der Waals surface area contributed by atoms with Crippen molar-refractivity contribution in [2.24, 2.45) is 0 Å². The van der Waals surface area contributed by atoms with Gasteiger partial charge in [0.2, 0.25) is 0 Å². The SMILES string of the molecule is COc1ccc(N2C(=O)[C@@](SCc3ccccc3)(c3c[nH]c4ccccc34)[C@H]2c2ccccc2)cc1. The lowest BCUT2D eigenvalue weighted by atomic mass is 9.76. The number of amides is 1. The van der Waals surface area contributed by atoms with Crippen molar-refractivity contribution >= 4 is 34.3 Å². The van der Waals surface area contributed by atoms with Crippen molar-refractivity contribution < 1.29 is 9.53 Å². The van der Waals surface area contributed by atoms with Crippen molar-refractivity contribution in [2.45, 2.75) is 16.5 Å². The lowest BCUT2D eigenvalue weighted by Gasteiger charge is -2.56. The maximum absolute atomic E-state index is 14.4. The average molecular weight is 491 g/mol. The molecule has 0 unspecified atom stereocenters. The minimum Gasteiger partial charge on any atom is -0.497 e. The van der Waals surface area contributed by atoms with Crippen LogP contribution in [0.3, 0.4) is 0 Å². The Morgan fingerprint density at radius 3 is 2.25 bits per heavy atom. The van der Waals surface area contributed by atoms with Crippen molar-refractivity contribution in [2.75, 3.05) is 12.0 Å². The highest BCUT2D eigenvalue weighted by Gasteiger charge is 2.63. The summed E-state index contributed by atoms with van der Waals surface area (Å²) in [5.41, 5.74) is 5.24. The molecule has 1 fully saturated rings. The number of β-lactam (4-membered cyclic amide) rings is 1. The Morgan fingerprint density at radius 2 is 1.53 bits per heavy atom. The molecule has 1 saturated heterocycles. The maximum Gasteiger partial charge on any atom is 0.251 e. The van der Waals surface area contributed by atoms with Gasteiger partial charge in [0.1, 0.15) is 10.5 Å². The molecule has 1 aliphatic heterocycles. The molecule has 2 atom stereocenters. The third kappa shape index (κ3) is 3.59. The number of ether oxygens (including phenoxy) is 1. The minimum absolute atomic E-state index is 0.0900. The van der Waals surface area contributed by atoms with Crippen LogP contribution in [-0.4, -0.2) is 18.0 Å². The number of benzene rings is 4. The molecule has 6 rings (SSSR count). The largest absolute Gasteiger partial charge is 0.497 e. The van der Waals surface area contributed by atoms with Crippen LogP contribution in [0, 0.1) is 0 Å². The Kier molecular flexibility index (Phi) is 5.78. The van der Waals surface area contributed by atoms with E-state index in [4.69, 9.17) is 4.74 Å². The first-order valence-electron chi connectivity index (χ1n) is 12.0. The van der Waals surface area contributed by atoms with Crippen LogP contribution in [0.5, 0.6) is 5.75 Å². The topological polar surface area (TPSA) is 45.3 Å². The lowest BCUT2D eigenvalue weighted by molar-refractivity contribution is -0.128. The van der Waals surface area contributed by atoms with E-state index in [0.717, 1.165) is 39.2 Å². The zero-order chi connectivity index (χ0) is 24.5. The highest BCUT2D eigenvalue weighted by atomic mass is 32.2. The fraction of sp³-hybridized carbons (Fsp3) is 0.129. The van der Waals surface area contributed by atoms with Gasteiger partial charge in [-0.2, -0.15) is 0 Å². The van der Waals surface area contributed by atoms with Crippen molar-refractivity contribution in [1.82, 2.24) is 4.98 Å². The quantitative estimate of drug-likeness (QED) is 0.248. The number of nitrogens with zero attached hydrogens (tertiary/aromatic N) is 1. The van der Waals surface area contributed by atoms with Crippen LogP contribution in [-0.2, 0) is 15.3 Å². The summed E-state index contributed by atoms with van der Waals surface area (Å²) in [6.45, 7) is 0. The van der Waals surface area contributed by atoms with Gasteiger partial charge >= 0.3 is 0 Å². The zero-order valence-electron chi connectivity index (χ0n) is 19.9. The van der Waals surface area contributed by atoms with Gasteiger partial charge in [-0.25, -0.2) is 0 Å². The number of H-pyrrole nitrogens is 1. The van der Waals surface area contributed by atoms with Crippen molar-refractivity contribution in [3.05, 3.63) is 132 Å². The summed E-state index contributed by atoms with van der Waals surface area (Å²) in [5, 5.41) is 1.08. The maximum atomic E-state index is 14.4. The van der Waals surface area contributed by atoms with Crippen LogP contribution in [0.1, 0.15) is 22.7 Å². The molecular formula is C31H26N2O2S. The van der Waals surface area contributed by atoms with E-state index >= 15 is 0 Å². The standard InChI is InChI=1S/C31H26N2O2S/c1-35-25-18-16-24(17-19-25)33-29(23-12-6-3-7-13-23)31(30(33)34,36-21-22-10-4-2-5-11-22)27-20-32-28-15-9-8-14-26(27)28/h2-20,29,32H,21H2,1H3/t29-,31-/m1/s1. The van der Waals surface area contributed by atoms with E-state index in [1.54, 1.807) is 18.9 Å². The molecule has 2 heterocycles. The molecule has 4 nitrogen and oxygen atoms in total. The normalized spacial score (nSPS) is 19.3. The van der Waals surface area contributed by atoms with Crippen LogP contribution in [0.4, 0.5) is 5.69 Å². The number of para-hydroxylation sites is 1. The third-order valence-electron chi connectivity index (χ3n) is 6.94. The van der Waals surface area contributed by atoms with E-state index in [2.05, 4.69) is 53.5 Å². The summed E-state index contributed by atoms with van der Waals surface area (Å²) in [7, 11) is 1.65. The second kappa shape index (κ2) is 9.25. The number of fused-ring (bicyclic) bond motifs is 1. The second-order valence-electron chi connectivity index (χ2n) is 8.94.